The van der Waals surface area contributed by atoms with Crippen molar-refractivity contribution in [1.82, 2.24) is 9.80 Å². The summed E-state index contributed by atoms with van der Waals surface area (Å²) < 4.78 is 28.4. The Kier molecular flexibility index (Phi) is 5.18. The first-order valence-corrected chi connectivity index (χ1v) is 7.84. The van der Waals surface area contributed by atoms with Gasteiger partial charge in [0.1, 0.15) is 0 Å². The molecule has 0 amide bonds. The van der Waals surface area contributed by atoms with Crippen molar-refractivity contribution >= 4 is 0 Å². The van der Waals surface area contributed by atoms with Crippen LogP contribution < -0.4 is 0 Å². The van der Waals surface area contributed by atoms with Crippen molar-refractivity contribution in [3.63, 3.8) is 0 Å². The predicted molar refractivity (Wildman–Crippen MR) is 74.6 cm³/mol. The molecular formula is C15H28F2N2. The van der Waals surface area contributed by atoms with Crippen molar-refractivity contribution in [2.75, 3.05) is 39.3 Å². The molecule has 2 nitrogen and oxygen atoms in total. The first-order valence-electron chi connectivity index (χ1n) is 7.84. The highest BCUT2D eigenvalue weighted by molar-refractivity contribution is 4.89. The molecule has 2 aliphatic heterocycles. The zero-order valence-electron chi connectivity index (χ0n) is 12.4. The van der Waals surface area contributed by atoms with E-state index in [4.69, 9.17) is 0 Å². The molecule has 0 bridgehead atoms. The van der Waals surface area contributed by atoms with Crippen molar-refractivity contribution < 1.29 is 8.78 Å². The minimum absolute atomic E-state index is 0.0320. The molecule has 2 fully saturated rings. The topological polar surface area (TPSA) is 6.48 Å². The van der Waals surface area contributed by atoms with E-state index >= 15 is 0 Å². The van der Waals surface area contributed by atoms with Gasteiger partial charge in [0, 0.05) is 12.5 Å². The molecule has 0 spiro atoms. The van der Waals surface area contributed by atoms with Gasteiger partial charge >= 0.3 is 0 Å². The molecule has 112 valence electrons. The average molecular weight is 274 g/mol. The predicted octanol–water partition coefficient (Wildman–Crippen LogP) is 3.09. The van der Waals surface area contributed by atoms with Crippen LogP contribution in [0.25, 0.3) is 0 Å². The summed E-state index contributed by atoms with van der Waals surface area (Å²) in [7, 11) is 0. The third kappa shape index (κ3) is 4.12. The Labute approximate surface area is 116 Å². The largest absolute Gasteiger partial charge is 0.303 e. The highest BCUT2D eigenvalue weighted by atomic mass is 19.3. The summed E-state index contributed by atoms with van der Waals surface area (Å²) in [6, 6.07) is 0. The number of hydrogen-bond donors (Lipinski definition) is 0. The molecule has 0 N–H and O–H groups in total. The van der Waals surface area contributed by atoms with E-state index in [9.17, 15) is 8.78 Å². The van der Waals surface area contributed by atoms with Crippen LogP contribution in [0.2, 0.25) is 0 Å². The number of hydrogen-bond acceptors (Lipinski definition) is 2. The zero-order chi connectivity index (χ0) is 13.9. The Morgan fingerprint density at radius 3 is 2.26 bits per heavy atom. The monoisotopic (exact) mass is 274 g/mol. The van der Waals surface area contributed by atoms with Gasteiger partial charge < -0.3 is 4.90 Å². The lowest BCUT2D eigenvalue weighted by atomic mass is 9.90. The van der Waals surface area contributed by atoms with Gasteiger partial charge in [-0.3, -0.25) is 4.90 Å². The lowest BCUT2D eigenvalue weighted by Crippen LogP contribution is -2.52. The van der Waals surface area contributed by atoms with E-state index in [2.05, 4.69) is 18.7 Å². The maximum atomic E-state index is 14.2. The third-order valence-electron chi connectivity index (χ3n) is 4.72. The summed E-state index contributed by atoms with van der Waals surface area (Å²) in [6.07, 6.45) is 3.95. The van der Waals surface area contributed by atoms with Gasteiger partial charge in [-0.05, 0) is 57.8 Å². The van der Waals surface area contributed by atoms with E-state index in [0.717, 1.165) is 38.5 Å². The van der Waals surface area contributed by atoms with Crippen LogP contribution in [0.4, 0.5) is 8.78 Å². The molecule has 0 aromatic heterocycles. The van der Waals surface area contributed by atoms with Crippen LogP contribution in [0.15, 0.2) is 0 Å². The van der Waals surface area contributed by atoms with Gasteiger partial charge in [0.05, 0.1) is 6.54 Å². The zero-order valence-corrected chi connectivity index (χ0v) is 12.4. The molecule has 2 heterocycles. The van der Waals surface area contributed by atoms with E-state index in [1.54, 1.807) is 0 Å². The highest BCUT2D eigenvalue weighted by Crippen LogP contribution is 2.34. The van der Waals surface area contributed by atoms with Crippen molar-refractivity contribution in [2.24, 2.45) is 11.8 Å². The second kappa shape index (κ2) is 6.49. The molecule has 0 aromatic rings. The highest BCUT2D eigenvalue weighted by Gasteiger charge is 2.44. The maximum Gasteiger partial charge on any atom is 0.264 e. The number of rotatable bonds is 4. The Morgan fingerprint density at radius 1 is 1.05 bits per heavy atom. The minimum atomic E-state index is -2.50. The van der Waals surface area contributed by atoms with E-state index in [1.807, 2.05) is 4.90 Å². The van der Waals surface area contributed by atoms with Crippen molar-refractivity contribution in [3.8, 4) is 0 Å². The number of alkyl halides is 2. The summed E-state index contributed by atoms with van der Waals surface area (Å²) in [5, 5.41) is 0. The second-order valence-corrected chi connectivity index (χ2v) is 6.51. The van der Waals surface area contributed by atoms with Crippen LogP contribution in [0, 0.1) is 11.8 Å². The SMILES string of the molecule is CCCN1CCC(CN2CCC(C)CC2)C(F)(F)C1. The van der Waals surface area contributed by atoms with Gasteiger partial charge in [0.25, 0.3) is 5.92 Å². The number of piperidine rings is 2. The summed E-state index contributed by atoms with van der Waals surface area (Å²) in [4.78, 5) is 4.18. The van der Waals surface area contributed by atoms with Gasteiger partial charge in [0.15, 0.2) is 0 Å². The van der Waals surface area contributed by atoms with Crippen LogP contribution in [0.3, 0.4) is 0 Å². The van der Waals surface area contributed by atoms with Gasteiger partial charge in [-0.15, -0.1) is 0 Å². The Bertz CT molecular complexity index is 275. The van der Waals surface area contributed by atoms with Crippen LogP contribution >= 0.6 is 0 Å². The van der Waals surface area contributed by atoms with Crippen molar-refractivity contribution in [3.05, 3.63) is 0 Å². The number of halogens is 2. The minimum Gasteiger partial charge on any atom is -0.303 e. The van der Waals surface area contributed by atoms with Gasteiger partial charge in [-0.25, -0.2) is 8.78 Å². The smallest absolute Gasteiger partial charge is 0.264 e. The molecular weight excluding hydrogens is 246 g/mol. The Hall–Kier alpha value is -0.220. The summed E-state index contributed by atoms with van der Waals surface area (Å²) in [6.45, 7) is 8.55. The maximum absolute atomic E-state index is 14.2. The molecule has 19 heavy (non-hydrogen) atoms. The van der Waals surface area contributed by atoms with Crippen LogP contribution in [0.5, 0.6) is 0 Å². The summed E-state index contributed by atoms with van der Waals surface area (Å²) in [5.41, 5.74) is 0. The van der Waals surface area contributed by atoms with Gasteiger partial charge in [-0.2, -0.15) is 0 Å². The third-order valence-corrected chi connectivity index (χ3v) is 4.72. The fourth-order valence-corrected chi connectivity index (χ4v) is 3.34. The fraction of sp³-hybridized carbons (Fsp3) is 1.00. The van der Waals surface area contributed by atoms with Gasteiger partial charge in [-0.1, -0.05) is 13.8 Å². The molecule has 2 rings (SSSR count). The molecule has 4 heteroatoms. The number of nitrogens with zero attached hydrogens (tertiary/aromatic N) is 2. The van der Waals surface area contributed by atoms with E-state index in [0.29, 0.717) is 13.0 Å². The van der Waals surface area contributed by atoms with Crippen molar-refractivity contribution in [1.29, 1.82) is 0 Å². The van der Waals surface area contributed by atoms with Crippen LogP contribution in [-0.4, -0.2) is 55.0 Å². The fourth-order valence-electron chi connectivity index (χ4n) is 3.34. The Balaban J connectivity index is 1.83. The van der Waals surface area contributed by atoms with E-state index < -0.39 is 11.8 Å². The lowest BCUT2D eigenvalue weighted by Gasteiger charge is -2.41. The Morgan fingerprint density at radius 2 is 1.68 bits per heavy atom. The molecule has 1 atom stereocenters. The van der Waals surface area contributed by atoms with Crippen molar-refractivity contribution in [2.45, 2.75) is 45.5 Å². The molecule has 0 aliphatic carbocycles. The van der Waals surface area contributed by atoms with Crippen LogP contribution in [0.1, 0.15) is 39.5 Å². The normalized spacial score (nSPS) is 30.6. The molecule has 0 saturated carbocycles. The molecule has 2 saturated heterocycles. The standard InChI is InChI=1S/C15H28F2N2/c1-3-7-19-10-6-14(15(16,17)12-19)11-18-8-4-13(2)5-9-18/h13-14H,3-12H2,1-2H3. The summed E-state index contributed by atoms with van der Waals surface area (Å²) >= 11 is 0. The first-order chi connectivity index (χ1) is 9.01. The average Bonchev–Trinajstić information content (AvgIpc) is 2.35. The van der Waals surface area contributed by atoms with E-state index in [-0.39, 0.29) is 6.54 Å². The van der Waals surface area contributed by atoms with Gasteiger partial charge in [0.2, 0.25) is 0 Å². The van der Waals surface area contributed by atoms with E-state index in [1.165, 1.54) is 12.8 Å². The second-order valence-electron chi connectivity index (χ2n) is 6.51. The molecule has 0 radical (unpaired) electrons. The molecule has 1 unspecified atom stereocenters. The quantitative estimate of drug-likeness (QED) is 0.777. The molecule has 0 aromatic carbocycles. The lowest BCUT2D eigenvalue weighted by molar-refractivity contribution is -0.119. The summed E-state index contributed by atoms with van der Waals surface area (Å²) in [5.74, 6) is -2.17. The first kappa shape index (κ1) is 15.2. The number of likely N-dealkylation sites (tertiary alicyclic amines) is 2. The van der Waals surface area contributed by atoms with Crippen LogP contribution in [-0.2, 0) is 0 Å². The molecule has 2 aliphatic rings.